The van der Waals surface area contributed by atoms with Crippen LogP contribution in [0.25, 0.3) is 0 Å². The lowest BCUT2D eigenvalue weighted by molar-refractivity contribution is 0.384. The van der Waals surface area contributed by atoms with E-state index in [0.717, 1.165) is 6.61 Å². The lowest BCUT2D eigenvalue weighted by atomic mass is 10.2. The van der Waals surface area contributed by atoms with Crippen LogP contribution in [0.15, 0.2) is 24.3 Å². The maximum Gasteiger partial charge on any atom is 0.124 e. The van der Waals surface area contributed by atoms with Crippen LogP contribution >= 0.6 is 0 Å². The lowest BCUT2D eigenvalue weighted by Crippen LogP contribution is -1.88. The monoisotopic (exact) mass is 137 g/mol. The van der Waals surface area contributed by atoms with Crippen molar-refractivity contribution in [2.75, 3.05) is 7.11 Å². The van der Waals surface area contributed by atoms with Crippen LogP contribution in [0.3, 0.4) is 0 Å². The summed E-state index contributed by atoms with van der Waals surface area (Å²) in [7, 11) is 1.57. The molecule has 2 heteroatoms. The summed E-state index contributed by atoms with van der Waals surface area (Å²) in [4.78, 5) is 0. The molecule has 0 unspecified atom stereocenters. The first-order valence-corrected chi connectivity index (χ1v) is 2.99. The minimum absolute atomic E-state index is 0.685. The van der Waals surface area contributed by atoms with Gasteiger partial charge < -0.3 is 9.84 Å². The zero-order valence-electron chi connectivity index (χ0n) is 5.74. The quantitative estimate of drug-likeness (QED) is 0.670. The van der Waals surface area contributed by atoms with Crippen LogP contribution in [-0.4, -0.2) is 12.2 Å². The molecule has 0 saturated heterocycles. The molecule has 0 aliphatic heterocycles. The van der Waals surface area contributed by atoms with Crippen LogP contribution in [-0.2, 0) is 0 Å². The van der Waals surface area contributed by atoms with Gasteiger partial charge in [-0.05, 0) is 6.07 Å². The third kappa shape index (κ3) is 1.28. The molecular weight excluding hydrogens is 128 g/mol. The van der Waals surface area contributed by atoms with E-state index in [0.29, 0.717) is 11.3 Å². The standard InChI is InChI=1S/C8H9O2/c1-10-8-5-3-2-4-7(8)6-9/h2-6,9H,1H3. The van der Waals surface area contributed by atoms with E-state index in [1.165, 1.54) is 0 Å². The van der Waals surface area contributed by atoms with E-state index in [9.17, 15) is 0 Å². The number of ether oxygens (including phenoxy) is 1. The van der Waals surface area contributed by atoms with E-state index < -0.39 is 0 Å². The van der Waals surface area contributed by atoms with E-state index in [4.69, 9.17) is 9.84 Å². The zero-order valence-corrected chi connectivity index (χ0v) is 5.74. The van der Waals surface area contributed by atoms with Crippen molar-refractivity contribution in [3.63, 3.8) is 0 Å². The van der Waals surface area contributed by atoms with Gasteiger partial charge in [-0.3, -0.25) is 0 Å². The average molecular weight is 137 g/mol. The fourth-order valence-electron chi connectivity index (χ4n) is 0.773. The highest BCUT2D eigenvalue weighted by atomic mass is 16.5. The second-order valence-corrected chi connectivity index (χ2v) is 1.87. The van der Waals surface area contributed by atoms with Crippen molar-refractivity contribution >= 4 is 0 Å². The minimum atomic E-state index is 0.685. The number of hydrogen-bond donors (Lipinski definition) is 1. The van der Waals surface area contributed by atoms with E-state index in [1.54, 1.807) is 19.2 Å². The second-order valence-electron chi connectivity index (χ2n) is 1.87. The topological polar surface area (TPSA) is 29.5 Å². The molecule has 0 amide bonds. The van der Waals surface area contributed by atoms with Crippen molar-refractivity contribution in [1.82, 2.24) is 0 Å². The minimum Gasteiger partial charge on any atom is -0.496 e. The van der Waals surface area contributed by atoms with Crippen molar-refractivity contribution in [2.24, 2.45) is 0 Å². The molecule has 1 aromatic rings. The van der Waals surface area contributed by atoms with Crippen LogP contribution in [0.2, 0.25) is 0 Å². The smallest absolute Gasteiger partial charge is 0.124 e. The molecule has 0 aliphatic carbocycles. The lowest BCUT2D eigenvalue weighted by Gasteiger charge is -2.02. The molecule has 0 fully saturated rings. The maximum absolute atomic E-state index is 8.64. The van der Waals surface area contributed by atoms with Crippen molar-refractivity contribution < 1.29 is 9.84 Å². The van der Waals surface area contributed by atoms with E-state index >= 15 is 0 Å². The number of hydrogen-bond acceptors (Lipinski definition) is 2. The Bertz CT molecular complexity index is 185. The predicted octanol–water partition coefficient (Wildman–Crippen LogP) is 1.58. The van der Waals surface area contributed by atoms with Gasteiger partial charge in [0.2, 0.25) is 0 Å². The SMILES string of the molecule is COc1ccccc1[CH]O. The largest absolute Gasteiger partial charge is 0.496 e. The molecule has 0 heterocycles. The van der Waals surface area contributed by atoms with Gasteiger partial charge in [-0.1, -0.05) is 18.2 Å². The van der Waals surface area contributed by atoms with E-state index in [-0.39, 0.29) is 0 Å². The summed E-state index contributed by atoms with van der Waals surface area (Å²) >= 11 is 0. The first-order chi connectivity index (χ1) is 4.88. The molecule has 1 N–H and O–H groups in total. The third-order valence-electron chi connectivity index (χ3n) is 1.28. The highest BCUT2D eigenvalue weighted by molar-refractivity contribution is 5.36. The summed E-state index contributed by atoms with van der Waals surface area (Å²) in [5.41, 5.74) is 0.699. The van der Waals surface area contributed by atoms with Gasteiger partial charge in [-0.2, -0.15) is 0 Å². The summed E-state index contributed by atoms with van der Waals surface area (Å²) < 4.78 is 4.94. The Kier molecular flexibility index (Phi) is 2.29. The molecule has 0 spiro atoms. The van der Waals surface area contributed by atoms with Crippen LogP contribution < -0.4 is 4.74 Å². The van der Waals surface area contributed by atoms with Gasteiger partial charge in [-0.25, -0.2) is 0 Å². The van der Waals surface area contributed by atoms with Gasteiger partial charge in [0.25, 0.3) is 0 Å². The zero-order chi connectivity index (χ0) is 7.40. The molecular formula is C8H9O2. The summed E-state index contributed by atoms with van der Waals surface area (Å²) in [5.74, 6) is 0.685. The van der Waals surface area contributed by atoms with Gasteiger partial charge in [0.05, 0.1) is 7.11 Å². The van der Waals surface area contributed by atoms with Gasteiger partial charge in [0.1, 0.15) is 12.4 Å². The van der Waals surface area contributed by atoms with E-state index in [1.807, 2.05) is 12.1 Å². The Hall–Kier alpha value is -1.02. The van der Waals surface area contributed by atoms with Crippen LogP contribution in [0, 0.1) is 6.61 Å². The predicted molar refractivity (Wildman–Crippen MR) is 38.3 cm³/mol. The molecule has 0 atom stereocenters. The second kappa shape index (κ2) is 3.22. The normalized spacial score (nSPS) is 9.40. The van der Waals surface area contributed by atoms with Gasteiger partial charge >= 0.3 is 0 Å². The molecule has 0 saturated carbocycles. The highest BCUT2D eigenvalue weighted by Gasteiger charge is 1.97. The molecule has 53 valence electrons. The fraction of sp³-hybridized carbons (Fsp3) is 0.125. The highest BCUT2D eigenvalue weighted by Crippen LogP contribution is 2.17. The number of methoxy groups -OCH3 is 1. The number of para-hydroxylation sites is 1. The van der Waals surface area contributed by atoms with E-state index in [2.05, 4.69) is 0 Å². The van der Waals surface area contributed by atoms with Crippen molar-refractivity contribution in [3.8, 4) is 5.75 Å². The molecule has 0 bridgehead atoms. The third-order valence-corrected chi connectivity index (χ3v) is 1.28. The van der Waals surface area contributed by atoms with Gasteiger partial charge in [0, 0.05) is 5.56 Å². The maximum atomic E-state index is 8.64. The Morgan fingerprint density at radius 3 is 2.60 bits per heavy atom. The summed E-state index contributed by atoms with van der Waals surface area (Å²) in [5, 5.41) is 8.64. The fourth-order valence-corrected chi connectivity index (χ4v) is 0.773. The number of aliphatic hydroxyl groups is 1. The van der Waals surface area contributed by atoms with Gasteiger partial charge in [0.15, 0.2) is 0 Å². The number of aliphatic hydroxyl groups excluding tert-OH is 1. The Balaban J connectivity index is 2.96. The molecule has 1 rings (SSSR count). The molecule has 0 aliphatic rings. The van der Waals surface area contributed by atoms with Crippen molar-refractivity contribution in [3.05, 3.63) is 36.4 Å². The number of rotatable bonds is 2. The Labute approximate surface area is 60.1 Å². The van der Waals surface area contributed by atoms with Crippen LogP contribution in [0.4, 0.5) is 0 Å². The van der Waals surface area contributed by atoms with Crippen molar-refractivity contribution in [1.29, 1.82) is 0 Å². The Morgan fingerprint density at radius 1 is 1.40 bits per heavy atom. The molecule has 10 heavy (non-hydrogen) atoms. The average Bonchev–Trinajstić information content (AvgIpc) is 2.04. The molecule has 1 radical (unpaired) electrons. The van der Waals surface area contributed by atoms with Gasteiger partial charge in [-0.15, -0.1) is 0 Å². The molecule has 0 aromatic heterocycles. The Morgan fingerprint density at radius 2 is 2.10 bits per heavy atom. The van der Waals surface area contributed by atoms with Crippen LogP contribution in [0.5, 0.6) is 5.75 Å². The number of benzene rings is 1. The summed E-state index contributed by atoms with van der Waals surface area (Å²) in [6.07, 6.45) is 0. The molecule has 2 nitrogen and oxygen atoms in total. The van der Waals surface area contributed by atoms with Crippen LogP contribution in [0.1, 0.15) is 5.56 Å². The summed E-state index contributed by atoms with van der Waals surface area (Å²) in [6.45, 7) is 1.03. The van der Waals surface area contributed by atoms with Crippen molar-refractivity contribution in [2.45, 2.75) is 0 Å². The first-order valence-electron chi connectivity index (χ1n) is 2.99. The first kappa shape index (κ1) is 7.09. The summed E-state index contributed by atoms with van der Waals surface area (Å²) in [6, 6.07) is 7.26. The molecule has 1 aromatic carbocycles.